The number of likely N-dealkylation sites (tertiary alicyclic amines) is 1. The molecule has 1 fully saturated rings. The van der Waals surface area contributed by atoms with Gasteiger partial charge in [-0.1, -0.05) is 60.1 Å². The van der Waals surface area contributed by atoms with E-state index in [1.807, 2.05) is 6.07 Å². The Balaban J connectivity index is 2.26. The first kappa shape index (κ1) is 23.3. The minimum Gasteiger partial charge on any atom is -0.507 e. The molecule has 1 atom stereocenters. The zero-order chi connectivity index (χ0) is 23.0. The fourth-order valence-corrected chi connectivity index (χ4v) is 4.56. The first-order valence-corrected chi connectivity index (χ1v) is 11.3. The Kier molecular flexibility index (Phi) is 6.47. The lowest BCUT2D eigenvalue weighted by atomic mass is 9.77. The lowest BCUT2D eigenvalue weighted by molar-refractivity contribution is -0.384. The summed E-state index contributed by atoms with van der Waals surface area (Å²) in [6, 6.07) is 11.2. The van der Waals surface area contributed by atoms with Crippen molar-refractivity contribution in [2.24, 2.45) is 0 Å². The molecule has 1 unspecified atom stereocenters. The Bertz CT molecular complexity index is 913. The molecular weight excluding hydrogens is 388 g/mol. The van der Waals surface area contributed by atoms with Gasteiger partial charge < -0.3 is 5.11 Å². The van der Waals surface area contributed by atoms with Crippen molar-refractivity contribution >= 4 is 5.69 Å². The van der Waals surface area contributed by atoms with Crippen LogP contribution in [-0.2, 0) is 10.8 Å². The summed E-state index contributed by atoms with van der Waals surface area (Å²) in [5.74, 6) is 0.361. The maximum absolute atomic E-state index is 11.5. The highest BCUT2D eigenvalue weighted by Crippen LogP contribution is 2.43. The van der Waals surface area contributed by atoms with Gasteiger partial charge >= 0.3 is 0 Å². The highest BCUT2D eigenvalue weighted by Gasteiger charge is 2.31. The van der Waals surface area contributed by atoms with Crippen LogP contribution in [0.4, 0.5) is 5.69 Å². The van der Waals surface area contributed by atoms with E-state index in [9.17, 15) is 15.2 Å². The molecule has 0 amide bonds. The van der Waals surface area contributed by atoms with E-state index in [1.54, 1.807) is 18.2 Å². The van der Waals surface area contributed by atoms with Gasteiger partial charge in [-0.15, -0.1) is 0 Å². The lowest BCUT2D eigenvalue weighted by Gasteiger charge is -2.37. The van der Waals surface area contributed by atoms with Gasteiger partial charge in [-0.05, 0) is 71.1 Å². The molecule has 1 saturated heterocycles. The molecule has 168 valence electrons. The van der Waals surface area contributed by atoms with E-state index in [2.05, 4.69) is 58.6 Å². The van der Waals surface area contributed by atoms with Gasteiger partial charge in [-0.2, -0.15) is 0 Å². The van der Waals surface area contributed by atoms with Crippen LogP contribution in [0.25, 0.3) is 0 Å². The number of phenolic OH excluding ortho intramolecular Hbond substituents is 1. The van der Waals surface area contributed by atoms with Gasteiger partial charge in [-0.25, -0.2) is 0 Å². The standard InChI is InChI=1S/C26H36N2O3/c1-25(2,3)21-16-19(17-22(24(21)29)26(4,5)6)23(27-13-8-7-9-14-27)18-11-10-12-20(15-18)28(30)31/h10-12,15-17,23,29H,7-9,13-14H2,1-6H3. The van der Waals surface area contributed by atoms with Gasteiger partial charge in [-0.3, -0.25) is 15.0 Å². The average Bonchev–Trinajstić information content (AvgIpc) is 2.68. The number of hydrogen-bond donors (Lipinski definition) is 1. The highest BCUT2D eigenvalue weighted by atomic mass is 16.6. The number of piperidine rings is 1. The summed E-state index contributed by atoms with van der Waals surface area (Å²) in [5, 5.41) is 22.6. The fourth-order valence-electron chi connectivity index (χ4n) is 4.56. The highest BCUT2D eigenvalue weighted by molar-refractivity contribution is 5.52. The van der Waals surface area contributed by atoms with Crippen LogP contribution in [0, 0.1) is 10.1 Å². The molecule has 31 heavy (non-hydrogen) atoms. The third-order valence-corrected chi connectivity index (χ3v) is 6.22. The molecule has 3 rings (SSSR count). The topological polar surface area (TPSA) is 66.6 Å². The van der Waals surface area contributed by atoms with Crippen molar-refractivity contribution in [1.82, 2.24) is 4.90 Å². The van der Waals surface area contributed by atoms with Gasteiger partial charge in [0.1, 0.15) is 5.75 Å². The van der Waals surface area contributed by atoms with Gasteiger partial charge in [0.15, 0.2) is 0 Å². The lowest BCUT2D eigenvalue weighted by Crippen LogP contribution is -2.35. The van der Waals surface area contributed by atoms with Crippen molar-refractivity contribution in [1.29, 1.82) is 0 Å². The third kappa shape index (κ3) is 5.09. The molecule has 1 aliphatic heterocycles. The van der Waals surface area contributed by atoms with E-state index >= 15 is 0 Å². The quantitative estimate of drug-likeness (QED) is 0.451. The van der Waals surface area contributed by atoms with E-state index in [0.29, 0.717) is 5.75 Å². The molecule has 0 spiro atoms. The van der Waals surface area contributed by atoms with Crippen LogP contribution in [0.1, 0.15) is 89.1 Å². The number of hydrogen-bond acceptors (Lipinski definition) is 4. The number of aromatic hydroxyl groups is 1. The molecule has 1 N–H and O–H groups in total. The van der Waals surface area contributed by atoms with Gasteiger partial charge in [0.25, 0.3) is 5.69 Å². The molecule has 5 nitrogen and oxygen atoms in total. The van der Waals surface area contributed by atoms with Gasteiger partial charge in [0.2, 0.25) is 0 Å². The third-order valence-electron chi connectivity index (χ3n) is 6.22. The second-order valence-corrected chi connectivity index (χ2v) is 10.8. The number of nitro groups is 1. The second kappa shape index (κ2) is 8.62. The molecule has 1 aliphatic rings. The number of phenols is 1. The smallest absolute Gasteiger partial charge is 0.269 e. The van der Waals surface area contributed by atoms with Crippen molar-refractivity contribution in [2.75, 3.05) is 13.1 Å². The normalized spacial score (nSPS) is 16.8. The number of nitro benzene ring substituents is 1. The molecule has 5 heteroatoms. The van der Waals surface area contributed by atoms with Crippen LogP contribution in [-0.4, -0.2) is 28.0 Å². The summed E-state index contributed by atoms with van der Waals surface area (Å²) in [4.78, 5) is 13.6. The summed E-state index contributed by atoms with van der Waals surface area (Å²) in [6.07, 6.45) is 3.47. The van der Waals surface area contributed by atoms with Crippen LogP contribution < -0.4 is 0 Å². The second-order valence-electron chi connectivity index (χ2n) is 10.8. The van der Waals surface area contributed by atoms with Crippen molar-refractivity contribution in [2.45, 2.75) is 77.7 Å². The molecule has 0 saturated carbocycles. The Morgan fingerprint density at radius 1 is 0.903 bits per heavy atom. The van der Waals surface area contributed by atoms with Crippen molar-refractivity contribution in [3.05, 3.63) is 68.8 Å². The minimum atomic E-state index is -0.325. The number of rotatable bonds is 4. The Morgan fingerprint density at radius 3 is 1.94 bits per heavy atom. The molecule has 2 aromatic rings. The number of benzene rings is 2. The number of non-ortho nitro benzene ring substituents is 1. The first-order valence-electron chi connectivity index (χ1n) is 11.3. The molecule has 0 radical (unpaired) electrons. The van der Waals surface area contributed by atoms with E-state index in [4.69, 9.17) is 0 Å². The molecular formula is C26H36N2O3. The number of nitrogens with zero attached hydrogens (tertiary/aromatic N) is 2. The summed E-state index contributed by atoms with van der Waals surface area (Å²) >= 11 is 0. The summed E-state index contributed by atoms with van der Waals surface area (Å²) in [5.41, 5.74) is 3.52. The SMILES string of the molecule is CC(C)(C)c1cc(C(c2cccc([N+](=O)[O-])c2)N2CCCCC2)cc(C(C)(C)C)c1O. The largest absolute Gasteiger partial charge is 0.507 e. The van der Waals surface area contributed by atoms with Crippen molar-refractivity contribution in [3.8, 4) is 5.75 Å². The van der Waals surface area contributed by atoms with E-state index in [0.717, 1.165) is 48.2 Å². The van der Waals surface area contributed by atoms with E-state index in [1.165, 1.54) is 6.42 Å². The van der Waals surface area contributed by atoms with Gasteiger partial charge in [0, 0.05) is 12.1 Å². The van der Waals surface area contributed by atoms with E-state index in [-0.39, 0.29) is 27.5 Å². The Hall–Kier alpha value is -2.40. The molecule has 0 bridgehead atoms. The summed E-state index contributed by atoms with van der Waals surface area (Å²) < 4.78 is 0. The zero-order valence-corrected chi connectivity index (χ0v) is 19.7. The predicted octanol–water partition coefficient (Wildman–Crippen LogP) is 6.47. The predicted molar refractivity (Wildman–Crippen MR) is 126 cm³/mol. The monoisotopic (exact) mass is 424 g/mol. The minimum absolute atomic E-state index is 0.0806. The Morgan fingerprint density at radius 2 is 1.45 bits per heavy atom. The van der Waals surface area contributed by atoms with Crippen LogP contribution in [0.3, 0.4) is 0 Å². The van der Waals surface area contributed by atoms with Gasteiger partial charge in [0.05, 0.1) is 11.0 Å². The Labute approximate surface area is 186 Å². The fraction of sp³-hybridized carbons (Fsp3) is 0.538. The maximum Gasteiger partial charge on any atom is 0.269 e. The summed E-state index contributed by atoms with van der Waals surface area (Å²) in [6.45, 7) is 14.6. The van der Waals surface area contributed by atoms with Crippen LogP contribution in [0.5, 0.6) is 5.75 Å². The first-order chi connectivity index (χ1) is 14.4. The van der Waals surface area contributed by atoms with Crippen LogP contribution >= 0.6 is 0 Å². The zero-order valence-electron chi connectivity index (χ0n) is 19.7. The summed E-state index contributed by atoms with van der Waals surface area (Å²) in [7, 11) is 0. The van der Waals surface area contributed by atoms with E-state index < -0.39 is 0 Å². The maximum atomic E-state index is 11.5. The van der Waals surface area contributed by atoms with Crippen LogP contribution in [0.2, 0.25) is 0 Å². The van der Waals surface area contributed by atoms with Crippen molar-refractivity contribution < 1.29 is 10.0 Å². The molecule has 0 aromatic heterocycles. The van der Waals surface area contributed by atoms with Crippen LogP contribution in [0.15, 0.2) is 36.4 Å². The molecule has 2 aromatic carbocycles. The molecule has 1 heterocycles. The van der Waals surface area contributed by atoms with Crippen molar-refractivity contribution in [3.63, 3.8) is 0 Å². The average molecular weight is 425 g/mol. The molecule has 0 aliphatic carbocycles.